The van der Waals surface area contributed by atoms with Crippen molar-refractivity contribution >= 4 is 5.91 Å². The van der Waals surface area contributed by atoms with Crippen molar-refractivity contribution in [1.82, 2.24) is 4.90 Å². The number of likely N-dealkylation sites (tertiary alicyclic amines) is 1. The number of nitriles is 1. The molecule has 1 saturated heterocycles. The first kappa shape index (κ1) is 11.0. The number of rotatable bonds is 3. The maximum Gasteiger partial charge on any atom is 0.222 e. The van der Waals surface area contributed by atoms with Crippen LogP contribution in [0.4, 0.5) is 0 Å². The predicted molar refractivity (Wildman–Crippen MR) is 54.4 cm³/mol. The minimum atomic E-state index is 0.0554. The molecule has 0 spiro atoms. The van der Waals surface area contributed by atoms with Gasteiger partial charge in [0.1, 0.15) is 0 Å². The summed E-state index contributed by atoms with van der Waals surface area (Å²) >= 11 is 0. The van der Waals surface area contributed by atoms with Crippen LogP contribution in [0.2, 0.25) is 0 Å². The molecule has 0 aliphatic carbocycles. The molecule has 3 heteroatoms. The van der Waals surface area contributed by atoms with E-state index in [4.69, 9.17) is 5.26 Å². The third-order valence-corrected chi connectivity index (χ3v) is 2.66. The molecule has 1 fully saturated rings. The van der Waals surface area contributed by atoms with E-state index in [1.807, 2.05) is 4.90 Å². The molecule has 1 amide bonds. The minimum absolute atomic E-state index is 0.0554. The van der Waals surface area contributed by atoms with E-state index < -0.39 is 0 Å². The van der Waals surface area contributed by atoms with E-state index in [0.29, 0.717) is 18.9 Å². The van der Waals surface area contributed by atoms with Gasteiger partial charge in [-0.25, -0.2) is 0 Å². The minimum Gasteiger partial charge on any atom is -0.341 e. The van der Waals surface area contributed by atoms with E-state index in [-0.39, 0.29) is 11.8 Å². The molecule has 1 atom stereocenters. The smallest absolute Gasteiger partial charge is 0.222 e. The van der Waals surface area contributed by atoms with Gasteiger partial charge < -0.3 is 4.90 Å². The highest BCUT2D eigenvalue weighted by Crippen LogP contribution is 2.17. The first-order chi connectivity index (χ1) is 6.63. The lowest BCUT2D eigenvalue weighted by molar-refractivity contribution is -0.134. The van der Waals surface area contributed by atoms with Crippen LogP contribution in [0.15, 0.2) is 0 Å². The van der Waals surface area contributed by atoms with Crippen LogP contribution in [0.25, 0.3) is 0 Å². The molecule has 1 rings (SSSR count). The van der Waals surface area contributed by atoms with Crippen molar-refractivity contribution in [2.24, 2.45) is 11.8 Å². The van der Waals surface area contributed by atoms with Crippen LogP contribution >= 0.6 is 0 Å². The van der Waals surface area contributed by atoms with Crippen molar-refractivity contribution < 1.29 is 4.79 Å². The summed E-state index contributed by atoms with van der Waals surface area (Å²) in [5.41, 5.74) is 0. The van der Waals surface area contributed by atoms with Crippen LogP contribution in [0, 0.1) is 23.2 Å². The van der Waals surface area contributed by atoms with Gasteiger partial charge in [0.25, 0.3) is 0 Å². The highest BCUT2D eigenvalue weighted by atomic mass is 16.2. The number of piperidine rings is 1. The Kier molecular flexibility index (Phi) is 3.94. The number of carbonyl (C=O) groups excluding carboxylic acids is 1. The van der Waals surface area contributed by atoms with E-state index in [9.17, 15) is 4.79 Å². The summed E-state index contributed by atoms with van der Waals surface area (Å²) in [4.78, 5) is 13.3. The van der Waals surface area contributed by atoms with Crippen molar-refractivity contribution in [3.8, 4) is 6.07 Å². The van der Waals surface area contributed by atoms with Gasteiger partial charge >= 0.3 is 0 Å². The molecule has 3 nitrogen and oxygen atoms in total. The Balaban J connectivity index is 2.41. The van der Waals surface area contributed by atoms with Gasteiger partial charge in [0.15, 0.2) is 0 Å². The van der Waals surface area contributed by atoms with Gasteiger partial charge in [-0.2, -0.15) is 5.26 Å². The first-order valence-corrected chi connectivity index (χ1v) is 5.31. The molecule has 78 valence electrons. The largest absolute Gasteiger partial charge is 0.341 e. The van der Waals surface area contributed by atoms with Crippen LogP contribution in [0.1, 0.15) is 33.1 Å². The number of amides is 1. The quantitative estimate of drug-likeness (QED) is 0.687. The van der Waals surface area contributed by atoms with E-state index in [1.54, 1.807) is 0 Å². The van der Waals surface area contributed by atoms with Crippen LogP contribution in [0.5, 0.6) is 0 Å². The zero-order valence-electron chi connectivity index (χ0n) is 8.99. The Hall–Kier alpha value is -1.04. The lowest BCUT2D eigenvalue weighted by atomic mass is 9.98. The lowest BCUT2D eigenvalue weighted by Crippen LogP contribution is -2.40. The van der Waals surface area contributed by atoms with E-state index in [0.717, 1.165) is 19.4 Å². The van der Waals surface area contributed by atoms with Gasteiger partial charge in [0.05, 0.1) is 12.0 Å². The molecule has 1 unspecified atom stereocenters. The number of hydrogen-bond acceptors (Lipinski definition) is 2. The second-order valence-corrected chi connectivity index (χ2v) is 4.39. The first-order valence-electron chi connectivity index (χ1n) is 5.31. The molecule has 0 aromatic heterocycles. The summed E-state index contributed by atoms with van der Waals surface area (Å²) in [6, 6.07) is 2.25. The third kappa shape index (κ3) is 3.02. The second kappa shape index (κ2) is 4.99. The number of nitrogens with zero attached hydrogens (tertiary/aromatic N) is 2. The molecule has 1 heterocycles. The molecule has 14 heavy (non-hydrogen) atoms. The molecular formula is C11H18N2O. The fourth-order valence-corrected chi connectivity index (χ4v) is 1.65. The van der Waals surface area contributed by atoms with E-state index >= 15 is 0 Å². The topological polar surface area (TPSA) is 44.1 Å². The summed E-state index contributed by atoms with van der Waals surface area (Å²) in [6.07, 6.45) is 2.33. The maximum atomic E-state index is 11.5. The van der Waals surface area contributed by atoms with Gasteiger partial charge in [-0.05, 0) is 18.8 Å². The number of carbonyl (C=O) groups is 1. The fourth-order valence-electron chi connectivity index (χ4n) is 1.65. The summed E-state index contributed by atoms with van der Waals surface area (Å²) in [5, 5.41) is 8.78. The van der Waals surface area contributed by atoms with Crippen molar-refractivity contribution in [2.75, 3.05) is 13.1 Å². The van der Waals surface area contributed by atoms with Crippen molar-refractivity contribution in [3.05, 3.63) is 0 Å². The van der Waals surface area contributed by atoms with E-state index in [2.05, 4.69) is 19.9 Å². The zero-order chi connectivity index (χ0) is 10.6. The lowest BCUT2D eigenvalue weighted by Gasteiger charge is -2.30. The Morgan fingerprint density at radius 2 is 2.36 bits per heavy atom. The maximum absolute atomic E-state index is 11.5. The Labute approximate surface area is 85.7 Å². The zero-order valence-corrected chi connectivity index (χ0v) is 8.99. The summed E-state index contributed by atoms with van der Waals surface area (Å²) in [6.45, 7) is 5.75. The normalized spacial score (nSPS) is 22.6. The summed E-state index contributed by atoms with van der Waals surface area (Å²) < 4.78 is 0. The molecular weight excluding hydrogens is 176 g/mol. The van der Waals surface area contributed by atoms with Crippen LogP contribution in [-0.2, 0) is 4.79 Å². The van der Waals surface area contributed by atoms with Gasteiger partial charge in [0, 0.05) is 19.5 Å². The van der Waals surface area contributed by atoms with Gasteiger partial charge in [-0.1, -0.05) is 13.8 Å². The molecule has 1 aliphatic heterocycles. The second-order valence-electron chi connectivity index (χ2n) is 4.39. The summed E-state index contributed by atoms with van der Waals surface area (Å²) in [7, 11) is 0. The molecule has 0 aromatic rings. The molecule has 0 bridgehead atoms. The molecule has 0 aromatic carbocycles. The van der Waals surface area contributed by atoms with Gasteiger partial charge in [-0.3, -0.25) is 4.79 Å². The molecule has 1 aliphatic rings. The van der Waals surface area contributed by atoms with Gasteiger partial charge in [0.2, 0.25) is 5.91 Å². The number of hydrogen-bond donors (Lipinski definition) is 0. The Bertz CT molecular complexity index is 242. The van der Waals surface area contributed by atoms with Crippen LogP contribution in [-0.4, -0.2) is 23.9 Å². The van der Waals surface area contributed by atoms with Crippen LogP contribution < -0.4 is 0 Å². The SMILES string of the molecule is CC(C)CCN1CC(C#N)CCC1=O. The average molecular weight is 194 g/mol. The van der Waals surface area contributed by atoms with Crippen molar-refractivity contribution in [1.29, 1.82) is 5.26 Å². The third-order valence-electron chi connectivity index (χ3n) is 2.66. The van der Waals surface area contributed by atoms with E-state index in [1.165, 1.54) is 0 Å². The molecule has 0 saturated carbocycles. The summed E-state index contributed by atoms with van der Waals surface area (Å²) in [5.74, 6) is 0.891. The monoisotopic (exact) mass is 194 g/mol. The fraction of sp³-hybridized carbons (Fsp3) is 0.818. The highest BCUT2D eigenvalue weighted by Gasteiger charge is 2.24. The predicted octanol–water partition coefficient (Wildman–Crippen LogP) is 1.79. The highest BCUT2D eigenvalue weighted by molar-refractivity contribution is 5.77. The Morgan fingerprint density at radius 3 is 2.93 bits per heavy atom. The van der Waals surface area contributed by atoms with Crippen LogP contribution in [0.3, 0.4) is 0 Å². The van der Waals surface area contributed by atoms with Crippen molar-refractivity contribution in [2.45, 2.75) is 33.1 Å². The molecule has 0 radical (unpaired) electrons. The average Bonchev–Trinajstić information content (AvgIpc) is 2.16. The van der Waals surface area contributed by atoms with Gasteiger partial charge in [-0.15, -0.1) is 0 Å². The van der Waals surface area contributed by atoms with Crippen molar-refractivity contribution in [3.63, 3.8) is 0 Å². The molecule has 0 N–H and O–H groups in total. The Morgan fingerprint density at radius 1 is 1.64 bits per heavy atom. The standard InChI is InChI=1S/C11H18N2O/c1-9(2)5-6-13-8-10(7-12)3-4-11(13)14/h9-10H,3-6,8H2,1-2H3.